The molecule has 0 spiro atoms. The molecular weight excluding hydrogens is 232 g/mol. The van der Waals surface area contributed by atoms with Crippen LogP contribution in [0, 0.1) is 0 Å². The van der Waals surface area contributed by atoms with Crippen LogP contribution in [0.15, 0.2) is 83.5 Å². The first-order valence-electron chi connectivity index (χ1n) is 6.29. The van der Waals surface area contributed by atoms with E-state index in [1.165, 1.54) is 11.1 Å². The lowest BCUT2D eigenvalue weighted by Crippen LogP contribution is -1.87. The fourth-order valence-corrected chi connectivity index (χ4v) is 2.08. The molecule has 0 amide bonds. The highest BCUT2D eigenvalue weighted by Crippen LogP contribution is 2.25. The fourth-order valence-electron chi connectivity index (χ4n) is 2.08. The van der Waals surface area contributed by atoms with E-state index in [1.54, 1.807) is 6.26 Å². The van der Waals surface area contributed by atoms with Gasteiger partial charge in [0, 0.05) is 0 Å². The summed E-state index contributed by atoms with van der Waals surface area (Å²) in [6, 6.07) is 24.6. The standard InChI is InChI=1S/C18H14O/c1-3-8-15(9-4-1)18(14-17-12-7-13-19-17)16-10-5-2-6-11-16/h1-14H. The Bertz CT molecular complexity index is 608. The van der Waals surface area contributed by atoms with Gasteiger partial charge in [0.05, 0.1) is 6.26 Å². The number of furan rings is 1. The summed E-state index contributed by atoms with van der Waals surface area (Å²) >= 11 is 0. The highest BCUT2D eigenvalue weighted by Gasteiger charge is 2.05. The van der Waals surface area contributed by atoms with Crippen LogP contribution in [0.4, 0.5) is 0 Å². The van der Waals surface area contributed by atoms with Gasteiger partial charge in [-0.05, 0) is 34.9 Å². The highest BCUT2D eigenvalue weighted by atomic mass is 16.3. The Morgan fingerprint density at radius 3 is 1.74 bits per heavy atom. The van der Waals surface area contributed by atoms with Crippen LogP contribution in [0.1, 0.15) is 16.9 Å². The normalized spacial score (nSPS) is 10.1. The minimum absolute atomic E-state index is 0.864. The topological polar surface area (TPSA) is 13.1 Å². The molecule has 1 nitrogen and oxygen atoms in total. The minimum Gasteiger partial charge on any atom is -0.465 e. The lowest BCUT2D eigenvalue weighted by Gasteiger charge is -2.07. The molecule has 92 valence electrons. The Hall–Kier alpha value is -2.54. The average Bonchev–Trinajstić information content (AvgIpc) is 3.00. The predicted molar refractivity (Wildman–Crippen MR) is 78.6 cm³/mol. The van der Waals surface area contributed by atoms with Crippen molar-refractivity contribution in [2.45, 2.75) is 0 Å². The molecule has 0 unspecified atom stereocenters. The first-order chi connectivity index (χ1) is 9.43. The van der Waals surface area contributed by atoms with E-state index in [0.717, 1.165) is 11.3 Å². The molecule has 2 aromatic carbocycles. The molecule has 1 heterocycles. The summed E-state index contributed by atoms with van der Waals surface area (Å²) in [4.78, 5) is 0. The van der Waals surface area contributed by atoms with E-state index in [2.05, 4.69) is 30.3 Å². The largest absolute Gasteiger partial charge is 0.465 e. The number of rotatable bonds is 3. The summed E-state index contributed by atoms with van der Waals surface area (Å²) in [6.45, 7) is 0. The molecule has 0 bridgehead atoms. The predicted octanol–water partition coefficient (Wildman–Crippen LogP) is 4.87. The first kappa shape index (κ1) is 11.5. The average molecular weight is 246 g/mol. The number of hydrogen-bond donors (Lipinski definition) is 0. The van der Waals surface area contributed by atoms with Crippen molar-refractivity contribution in [2.75, 3.05) is 0 Å². The molecule has 0 fully saturated rings. The van der Waals surface area contributed by atoms with Crippen molar-refractivity contribution in [3.05, 3.63) is 95.9 Å². The van der Waals surface area contributed by atoms with Gasteiger partial charge in [0.1, 0.15) is 5.76 Å². The van der Waals surface area contributed by atoms with E-state index in [-0.39, 0.29) is 0 Å². The molecule has 1 aromatic heterocycles. The lowest BCUT2D eigenvalue weighted by molar-refractivity contribution is 0.557. The van der Waals surface area contributed by atoms with Crippen LogP contribution in [0.25, 0.3) is 11.6 Å². The molecule has 0 radical (unpaired) electrons. The maximum Gasteiger partial charge on any atom is 0.127 e. The molecule has 3 aromatic rings. The van der Waals surface area contributed by atoms with Crippen molar-refractivity contribution in [3.63, 3.8) is 0 Å². The van der Waals surface area contributed by atoms with Gasteiger partial charge >= 0.3 is 0 Å². The van der Waals surface area contributed by atoms with Crippen LogP contribution in [0.5, 0.6) is 0 Å². The van der Waals surface area contributed by atoms with E-state index in [9.17, 15) is 0 Å². The molecule has 0 saturated carbocycles. The zero-order valence-corrected chi connectivity index (χ0v) is 10.5. The minimum atomic E-state index is 0.864. The van der Waals surface area contributed by atoms with E-state index in [0.29, 0.717) is 0 Å². The molecular formula is C18H14O. The quantitative estimate of drug-likeness (QED) is 0.642. The summed E-state index contributed by atoms with van der Waals surface area (Å²) in [7, 11) is 0. The maximum atomic E-state index is 5.43. The van der Waals surface area contributed by atoms with Crippen LogP contribution in [-0.4, -0.2) is 0 Å². The van der Waals surface area contributed by atoms with Crippen molar-refractivity contribution in [1.29, 1.82) is 0 Å². The van der Waals surface area contributed by atoms with Gasteiger partial charge < -0.3 is 4.42 Å². The van der Waals surface area contributed by atoms with Crippen LogP contribution in [-0.2, 0) is 0 Å². The zero-order valence-electron chi connectivity index (χ0n) is 10.5. The van der Waals surface area contributed by atoms with Crippen molar-refractivity contribution in [2.24, 2.45) is 0 Å². The van der Waals surface area contributed by atoms with Crippen LogP contribution in [0.3, 0.4) is 0 Å². The van der Waals surface area contributed by atoms with Gasteiger partial charge in [0.25, 0.3) is 0 Å². The first-order valence-corrected chi connectivity index (χ1v) is 6.29. The van der Waals surface area contributed by atoms with E-state index in [1.807, 2.05) is 48.5 Å². The second kappa shape index (κ2) is 5.40. The van der Waals surface area contributed by atoms with Gasteiger partial charge in [0.15, 0.2) is 0 Å². The van der Waals surface area contributed by atoms with Crippen molar-refractivity contribution in [3.8, 4) is 0 Å². The zero-order chi connectivity index (χ0) is 12.9. The Labute approximate surface area is 112 Å². The Morgan fingerprint density at radius 2 is 1.26 bits per heavy atom. The molecule has 0 aliphatic carbocycles. The molecule has 0 N–H and O–H groups in total. The van der Waals surface area contributed by atoms with Crippen LogP contribution in [0.2, 0.25) is 0 Å². The molecule has 0 aliphatic rings. The summed E-state index contributed by atoms with van der Waals surface area (Å²) in [5.41, 5.74) is 3.53. The van der Waals surface area contributed by atoms with Crippen LogP contribution < -0.4 is 0 Å². The van der Waals surface area contributed by atoms with Crippen molar-refractivity contribution in [1.82, 2.24) is 0 Å². The summed E-state index contributed by atoms with van der Waals surface area (Å²) in [5.74, 6) is 0.864. The van der Waals surface area contributed by atoms with Crippen molar-refractivity contribution < 1.29 is 4.42 Å². The summed E-state index contributed by atoms with van der Waals surface area (Å²) in [5, 5.41) is 0. The smallest absolute Gasteiger partial charge is 0.127 e. The molecule has 1 heteroatoms. The lowest BCUT2D eigenvalue weighted by atomic mass is 9.97. The van der Waals surface area contributed by atoms with E-state index >= 15 is 0 Å². The van der Waals surface area contributed by atoms with Gasteiger partial charge in [-0.15, -0.1) is 0 Å². The summed E-state index contributed by atoms with van der Waals surface area (Å²) in [6.07, 6.45) is 3.77. The Kier molecular flexibility index (Phi) is 3.28. The van der Waals surface area contributed by atoms with Crippen LogP contribution >= 0.6 is 0 Å². The molecule has 0 atom stereocenters. The van der Waals surface area contributed by atoms with Crippen molar-refractivity contribution >= 4 is 11.6 Å². The molecule has 3 rings (SSSR count). The molecule has 0 aliphatic heterocycles. The SMILES string of the molecule is C(=C(c1ccccc1)c1ccccc1)c1ccco1. The Morgan fingerprint density at radius 1 is 0.684 bits per heavy atom. The van der Waals surface area contributed by atoms with Gasteiger partial charge in [-0.1, -0.05) is 60.7 Å². The van der Waals surface area contributed by atoms with Gasteiger partial charge in [-0.25, -0.2) is 0 Å². The second-order valence-corrected chi connectivity index (χ2v) is 4.31. The maximum absolute atomic E-state index is 5.43. The summed E-state index contributed by atoms with van der Waals surface area (Å²) < 4.78 is 5.43. The molecule has 19 heavy (non-hydrogen) atoms. The van der Waals surface area contributed by atoms with Gasteiger partial charge in [-0.2, -0.15) is 0 Å². The third-order valence-electron chi connectivity index (χ3n) is 3.00. The number of benzene rings is 2. The monoisotopic (exact) mass is 246 g/mol. The highest BCUT2D eigenvalue weighted by molar-refractivity contribution is 5.90. The molecule has 0 saturated heterocycles. The fraction of sp³-hybridized carbons (Fsp3) is 0. The second-order valence-electron chi connectivity index (χ2n) is 4.31. The van der Waals surface area contributed by atoms with E-state index in [4.69, 9.17) is 4.42 Å². The Balaban J connectivity index is 2.12. The van der Waals surface area contributed by atoms with E-state index < -0.39 is 0 Å². The third-order valence-corrected chi connectivity index (χ3v) is 3.00. The van der Waals surface area contributed by atoms with Gasteiger partial charge in [0.2, 0.25) is 0 Å². The van der Waals surface area contributed by atoms with Gasteiger partial charge in [-0.3, -0.25) is 0 Å². The number of hydrogen-bond acceptors (Lipinski definition) is 1. The third kappa shape index (κ3) is 2.66.